The van der Waals surface area contributed by atoms with E-state index in [9.17, 15) is 8.78 Å². The van der Waals surface area contributed by atoms with E-state index in [-0.39, 0.29) is 11.8 Å². The first-order valence-corrected chi connectivity index (χ1v) is 6.05. The first-order valence-electron chi connectivity index (χ1n) is 6.05. The van der Waals surface area contributed by atoms with Gasteiger partial charge in [-0.25, -0.2) is 8.78 Å². The molecule has 4 aliphatic rings. The lowest BCUT2D eigenvalue weighted by atomic mass is 9.70. The number of fused-ring (bicyclic) bond motifs is 9. The number of hydrogen-bond donors (Lipinski definition) is 0. The molecule has 0 aromatic carbocycles. The molecule has 0 N–H and O–H groups in total. The molecule has 4 saturated carbocycles. The Labute approximate surface area is 83.1 Å². The molecule has 4 rings (SSSR count). The third-order valence-corrected chi connectivity index (χ3v) is 5.70. The van der Waals surface area contributed by atoms with Crippen LogP contribution in [0.25, 0.3) is 0 Å². The van der Waals surface area contributed by atoms with E-state index in [0.29, 0.717) is 11.8 Å². The average molecular weight is 198 g/mol. The second kappa shape index (κ2) is 2.33. The molecule has 0 spiro atoms. The van der Waals surface area contributed by atoms with E-state index in [4.69, 9.17) is 0 Å². The standard InChI is InChI=1S/C12H16F2/c13-11-7-4-8(12(11)14)10-6-2-1-5(3-6)9(7)10/h5-12H,1-4H2. The first-order chi connectivity index (χ1) is 6.77. The highest BCUT2D eigenvalue weighted by molar-refractivity contribution is 5.14. The third-order valence-electron chi connectivity index (χ3n) is 5.70. The van der Waals surface area contributed by atoms with E-state index in [1.54, 1.807) is 0 Å². The molecule has 0 aromatic heterocycles. The predicted octanol–water partition coefficient (Wildman–Crippen LogP) is 2.97. The molecule has 0 radical (unpaired) electrons. The Hall–Kier alpha value is -0.140. The van der Waals surface area contributed by atoms with Gasteiger partial charge in [-0.15, -0.1) is 0 Å². The van der Waals surface area contributed by atoms with Gasteiger partial charge in [0.1, 0.15) is 12.3 Å². The lowest BCUT2D eigenvalue weighted by Crippen LogP contribution is -2.40. The number of alkyl halides is 2. The molecule has 0 amide bonds. The fourth-order valence-electron chi connectivity index (χ4n) is 5.44. The van der Waals surface area contributed by atoms with E-state index in [1.807, 2.05) is 0 Å². The molecule has 14 heavy (non-hydrogen) atoms. The molecule has 4 fully saturated rings. The van der Waals surface area contributed by atoms with Crippen LogP contribution in [0.5, 0.6) is 0 Å². The first kappa shape index (κ1) is 8.06. The van der Waals surface area contributed by atoms with Crippen molar-refractivity contribution < 1.29 is 8.78 Å². The highest BCUT2D eigenvalue weighted by atomic mass is 19.2. The lowest BCUT2D eigenvalue weighted by Gasteiger charge is -2.37. The second-order valence-corrected chi connectivity index (χ2v) is 5.94. The van der Waals surface area contributed by atoms with Crippen LogP contribution in [0, 0.1) is 35.5 Å². The van der Waals surface area contributed by atoms with E-state index in [0.717, 1.165) is 18.3 Å². The molecule has 8 unspecified atom stereocenters. The van der Waals surface area contributed by atoms with Gasteiger partial charge in [0.25, 0.3) is 0 Å². The maximum Gasteiger partial charge on any atom is 0.135 e. The maximum atomic E-state index is 13.6. The Bertz CT molecular complexity index is 251. The van der Waals surface area contributed by atoms with Gasteiger partial charge in [0.15, 0.2) is 0 Å². The Balaban J connectivity index is 1.74. The molecule has 78 valence electrons. The largest absolute Gasteiger partial charge is 0.244 e. The van der Waals surface area contributed by atoms with Gasteiger partial charge in [-0.3, -0.25) is 0 Å². The summed E-state index contributed by atoms with van der Waals surface area (Å²) in [5, 5.41) is 0. The van der Waals surface area contributed by atoms with Crippen LogP contribution in [-0.4, -0.2) is 12.3 Å². The van der Waals surface area contributed by atoms with E-state index >= 15 is 0 Å². The van der Waals surface area contributed by atoms with Gasteiger partial charge in [0, 0.05) is 0 Å². The van der Waals surface area contributed by atoms with Crippen LogP contribution in [0.1, 0.15) is 25.7 Å². The number of hydrogen-bond acceptors (Lipinski definition) is 0. The SMILES string of the molecule is FC1C(F)C2CC1C1C3CCC(C3)C21. The van der Waals surface area contributed by atoms with Crippen LogP contribution in [0.4, 0.5) is 8.78 Å². The normalized spacial score (nSPS) is 69.0. The quantitative estimate of drug-likeness (QED) is 0.525. The maximum absolute atomic E-state index is 13.6. The minimum Gasteiger partial charge on any atom is -0.244 e. The minimum atomic E-state index is -1.11. The second-order valence-electron chi connectivity index (χ2n) is 5.94. The van der Waals surface area contributed by atoms with E-state index in [1.165, 1.54) is 19.3 Å². The van der Waals surface area contributed by atoms with Crippen molar-refractivity contribution in [1.82, 2.24) is 0 Å². The van der Waals surface area contributed by atoms with E-state index < -0.39 is 12.3 Å². The summed E-state index contributed by atoms with van der Waals surface area (Å²) in [4.78, 5) is 0. The van der Waals surface area contributed by atoms with Crippen LogP contribution in [0.2, 0.25) is 0 Å². The summed E-state index contributed by atoms with van der Waals surface area (Å²) in [7, 11) is 0. The molecule has 0 aliphatic heterocycles. The Morgan fingerprint density at radius 1 is 0.714 bits per heavy atom. The molecule has 0 aromatic rings. The highest BCUT2D eigenvalue weighted by Gasteiger charge is 2.66. The molecule has 0 saturated heterocycles. The van der Waals surface area contributed by atoms with Gasteiger partial charge < -0.3 is 0 Å². The molecule has 0 heterocycles. The van der Waals surface area contributed by atoms with E-state index in [2.05, 4.69) is 0 Å². The summed E-state index contributed by atoms with van der Waals surface area (Å²) in [6.45, 7) is 0. The van der Waals surface area contributed by atoms with Crippen molar-refractivity contribution in [2.45, 2.75) is 38.0 Å². The van der Waals surface area contributed by atoms with Crippen molar-refractivity contribution in [1.29, 1.82) is 0 Å². The Morgan fingerprint density at radius 2 is 1.21 bits per heavy atom. The van der Waals surface area contributed by atoms with Gasteiger partial charge >= 0.3 is 0 Å². The zero-order chi connectivity index (χ0) is 9.45. The van der Waals surface area contributed by atoms with Gasteiger partial charge in [0.2, 0.25) is 0 Å². The van der Waals surface area contributed by atoms with Gasteiger partial charge in [0.05, 0.1) is 0 Å². The third kappa shape index (κ3) is 0.695. The summed E-state index contributed by atoms with van der Waals surface area (Å²) in [5.41, 5.74) is 0. The molecule has 2 heteroatoms. The van der Waals surface area contributed by atoms with Crippen LogP contribution in [0.3, 0.4) is 0 Å². The zero-order valence-electron chi connectivity index (χ0n) is 8.20. The highest BCUT2D eigenvalue weighted by Crippen LogP contribution is 2.68. The molecular formula is C12H16F2. The Kier molecular flexibility index (Phi) is 1.34. The van der Waals surface area contributed by atoms with Crippen LogP contribution < -0.4 is 0 Å². The Morgan fingerprint density at radius 3 is 1.71 bits per heavy atom. The molecule has 4 bridgehead atoms. The lowest BCUT2D eigenvalue weighted by molar-refractivity contribution is 0.0139. The van der Waals surface area contributed by atoms with Crippen molar-refractivity contribution in [3.05, 3.63) is 0 Å². The molecular weight excluding hydrogens is 182 g/mol. The topological polar surface area (TPSA) is 0 Å². The fraction of sp³-hybridized carbons (Fsp3) is 1.00. The summed E-state index contributed by atoms with van der Waals surface area (Å²) in [5.74, 6) is 2.92. The van der Waals surface area contributed by atoms with Crippen molar-refractivity contribution in [3.63, 3.8) is 0 Å². The number of halogens is 2. The van der Waals surface area contributed by atoms with Crippen molar-refractivity contribution in [3.8, 4) is 0 Å². The van der Waals surface area contributed by atoms with Gasteiger partial charge in [-0.2, -0.15) is 0 Å². The summed E-state index contributed by atoms with van der Waals surface area (Å²) >= 11 is 0. The van der Waals surface area contributed by atoms with Crippen molar-refractivity contribution in [2.75, 3.05) is 0 Å². The summed E-state index contributed by atoms with van der Waals surface area (Å²) in [6.07, 6.45) is 2.55. The number of rotatable bonds is 0. The molecule has 0 nitrogen and oxygen atoms in total. The van der Waals surface area contributed by atoms with Crippen LogP contribution in [0.15, 0.2) is 0 Å². The summed E-state index contributed by atoms with van der Waals surface area (Å²) < 4.78 is 27.2. The minimum absolute atomic E-state index is 0.107. The smallest absolute Gasteiger partial charge is 0.135 e. The van der Waals surface area contributed by atoms with Crippen molar-refractivity contribution >= 4 is 0 Å². The average Bonchev–Trinajstić information content (AvgIpc) is 2.87. The monoisotopic (exact) mass is 198 g/mol. The predicted molar refractivity (Wildman–Crippen MR) is 49.2 cm³/mol. The zero-order valence-corrected chi connectivity index (χ0v) is 8.20. The van der Waals surface area contributed by atoms with Crippen LogP contribution >= 0.6 is 0 Å². The molecule has 4 aliphatic carbocycles. The van der Waals surface area contributed by atoms with Crippen molar-refractivity contribution in [2.24, 2.45) is 35.5 Å². The summed E-state index contributed by atoms with van der Waals surface area (Å²) in [6, 6.07) is 0. The van der Waals surface area contributed by atoms with Gasteiger partial charge in [-0.1, -0.05) is 0 Å². The van der Waals surface area contributed by atoms with Crippen LogP contribution in [-0.2, 0) is 0 Å². The van der Waals surface area contributed by atoms with Gasteiger partial charge in [-0.05, 0) is 61.2 Å². The molecule has 8 atom stereocenters. The fourth-order valence-corrected chi connectivity index (χ4v) is 5.44.